The fourth-order valence-electron chi connectivity index (χ4n) is 3.06. The van der Waals surface area contributed by atoms with E-state index in [1.807, 2.05) is 62.5 Å². The van der Waals surface area contributed by atoms with Crippen molar-refractivity contribution in [2.75, 3.05) is 11.1 Å². The highest BCUT2D eigenvalue weighted by atomic mass is 32.2. The fourth-order valence-corrected chi connectivity index (χ4v) is 4.07. The maximum Gasteiger partial charge on any atom is 0.295 e. The van der Waals surface area contributed by atoms with E-state index in [1.165, 1.54) is 5.56 Å². The highest BCUT2D eigenvalue weighted by molar-refractivity contribution is 7.99. The van der Waals surface area contributed by atoms with E-state index >= 15 is 0 Å². The average molecular weight is 396 g/mol. The molecule has 0 saturated heterocycles. The minimum atomic E-state index is -0.218. The number of nitrogens with zero attached hydrogens (tertiary/aromatic N) is 2. The minimum absolute atomic E-state index is 0.140. The molecule has 0 saturated carbocycles. The number of thioether (sulfide) groups is 1. The lowest BCUT2D eigenvalue weighted by Crippen LogP contribution is -2.23. The second-order valence-electron chi connectivity index (χ2n) is 6.66. The summed E-state index contributed by atoms with van der Waals surface area (Å²) < 4.78 is 3.33. The van der Waals surface area contributed by atoms with Crippen molar-refractivity contribution < 1.29 is 4.79 Å². The molecule has 0 fully saturated rings. The molecule has 1 heterocycles. The Hall–Kier alpha value is -2.73. The third-order valence-corrected chi connectivity index (χ3v) is 6.00. The third kappa shape index (κ3) is 4.39. The molecular formula is C22H25N3O2S. The van der Waals surface area contributed by atoms with Crippen LogP contribution in [0.2, 0.25) is 0 Å². The molecule has 28 heavy (non-hydrogen) atoms. The zero-order valence-electron chi connectivity index (χ0n) is 16.4. The highest BCUT2D eigenvalue weighted by Crippen LogP contribution is 2.28. The van der Waals surface area contributed by atoms with Crippen LogP contribution in [0.25, 0.3) is 5.69 Å². The second kappa shape index (κ2) is 8.97. The predicted molar refractivity (Wildman–Crippen MR) is 116 cm³/mol. The number of aromatic nitrogens is 2. The monoisotopic (exact) mass is 395 g/mol. The molecule has 0 aliphatic heterocycles. The molecule has 146 valence electrons. The third-order valence-electron chi connectivity index (χ3n) is 4.78. The quantitative estimate of drug-likeness (QED) is 0.649. The van der Waals surface area contributed by atoms with Gasteiger partial charge >= 0.3 is 0 Å². The first-order chi connectivity index (χ1) is 13.5. The number of hydrogen-bond acceptors (Lipinski definition) is 3. The lowest BCUT2D eigenvalue weighted by atomic mass is 10.2. The van der Waals surface area contributed by atoms with Crippen LogP contribution in [0.1, 0.15) is 29.9 Å². The first kappa shape index (κ1) is 20.0. The van der Waals surface area contributed by atoms with E-state index < -0.39 is 0 Å². The molecule has 3 rings (SSSR count). The Morgan fingerprint density at radius 2 is 1.68 bits per heavy atom. The summed E-state index contributed by atoms with van der Waals surface area (Å²) in [6.45, 7) is 3.97. The Labute approximate surface area is 169 Å². The summed E-state index contributed by atoms with van der Waals surface area (Å²) in [7, 11) is 1.82. The van der Waals surface area contributed by atoms with Gasteiger partial charge in [-0.2, -0.15) is 11.8 Å². The molecule has 0 spiro atoms. The van der Waals surface area contributed by atoms with Gasteiger partial charge in [0.25, 0.3) is 5.56 Å². The normalized spacial score (nSPS) is 12.0. The molecular weight excluding hydrogens is 370 g/mol. The summed E-state index contributed by atoms with van der Waals surface area (Å²) in [5.41, 5.74) is 2.87. The van der Waals surface area contributed by atoms with E-state index in [0.717, 1.165) is 11.4 Å². The minimum Gasteiger partial charge on any atom is -0.320 e. The molecule has 0 radical (unpaired) electrons. The number of para-hydroxylation sites is 1. The molecule has 1 amide bonds. The Bertz CT molecular complexity index is 994. The van der Waals surface area contributed by atoms with Crippen LogP contribution >= 0.6 is 11.8 Å². The largest absolute Gasteiger partial charge is 0.320 e. The number of nitrogens with one attached hydrogen (secondary N) is 1. The van der Waals surface area contributed by atoms with Crippen molar-refractivity contribution in [1.29, 1.82) is 0 Å². The van der Waals surface area contributed by atoms with E-state index in [2.05, 4.69) is 24.4 Å². The van der Waals surface area contributed by atoms with Crippen LogP contribution < -0.4 is 10.9 Å². The maximum absolute atomic E-state index is 12.8. The molecule has 1 unspecified atom stereocenters. The molecule has 1 atom stereocenters. The number of hydrogen-bond donors (Lipinski definition) is 1. The van der Waals surface area contributed by atoms with Crippen molar-refractivity contribution in [3.05, 3.63) is 82.3 Å². The fraction of sp³-hybridized carbons (Fsp3) is 0.273. The first-order valence-electron chi connectivity index (χ1n) is 9.29. The van der Waals surface area contributed by atoms with Gasteiger partial charge in [0.05, 0.1) is 11.4 Å². The van der Waals surface area contributed by atoms with Crippen molar-refractivity contribution in [3.8, 4) is 5.69 Å². The number of benzene rings is 2. The number of rotatable bonds is 7. The summed E-state index contributed by atoms with van der Waals surface area (Å²) in [4.78, 5) is 25.2. The molecule has 6 heteroatoms. The zero-order valence-corrected chi connectivity index (χ0v) is 17.2. The van der Waals surface area contributed by atoms with Crippen molar-refractivity contribution >= 4 is 23.4 Å². The predicted octanol–water partition coefficient (Wildman–Crippen LogP) is 4.31. The van der Waals surface area contributed by atoms with Crippen LogP contribution in [0.5, 0.6) is 0 Å². The van der Waals surface area contributed by atoms with Crippen LogP contribution in [0.3, 0.4) is 0 Å². The maximum atomic E-state index is 12.8. The van der Waals surface area contributed by atoms with Crippen molar-refractivity contribution in [2.24, 2.45) is 7.05 Å². The Morgan fingerprint density at radius 3 is 2.32 bits per heavy atom. The summed E-state index contributed by atoms with van der Waals surface area (Å²) in [6, 6.07) is 19.6. The van der Waals surface area contributed by atoms with Gasteiger partial charge in [0.1, 0.15) is 5.69 Å². The summed E-state index contributed by atoms with van der Waals surface area (Å²) in [6.07, 6.45) is 0.362. The number of carbonyl (C=O) groups is 1. The van der Waals surface area contributed by atoms with Gasteiger partial charge in [-0.1, -0.05) is 48.5 Å². The number of anilines is 1. The van der Waals surface area contributed by atoms with Crippen LogP contribution in [-0.4, -0.2) is 21.0 Å². The van der Waals surface area contributed by atoms with Crippen LogP contribution in [0.4, 0.5) is 5.69 Å². The smallest absolute Gasteiger partial charge is 0.295 e. The van der Waals surface area contributed by atoms with Gasteiger partial charge in [-0.3, -0.25) is 14.3 Å². The van der Waals surface area contributed by atoms with E-state index in [0.29, 0.717) is 23.1 Å². The Balaban J connectivity index is 1.64. The molecule has 5 nitrogen and oxygen atoms in total. The highest BCUT2D eigenvalue weighted by Gasteiger charge is 2.18. The van der Waals surface area contributed by atoms with Gasteiger partial charge in [-0.05, 0) is 31.5 Å². The van der Waals surface area contributed by atoms with Gasteiger partial charge in [-0.15, -0.1) is 0 Å². The summed E-state index contributed by atoms with van der Waals surface area (Å²) in [5, 5.41) is 3.14. The lowest BCUT2D eigenvalue weighted by Gasteiger charge is -2.11. The van der Waals surface area contributed by atoms with Crippen LogP contribution in [0.15, 0.2) is 65.5 Å². The summed E-state index contributed by atoms with van der Waals surface area (Å²) in [5.74, 6) is 0.555. The Morgan fingerprint density at radius 1 is 1.07 bits per heavy atom. The van der Waals surface area contributed by atoms with E-state index in [-0.39, 0.29) is 11.5 Å². The Kier molecular flexibility index (Phi) is 6.41. The van der Waals surface area contributed by atoms with Gasteiger partial charge in [0, 0.05) is 24.5 Å². The van der Waals surface area contributed by atoms with E-state index in [9.17, 15) is 9.59 Å². The number of carbonyl (C=O) groups excluding carboxylic acids is 1. The lowest BCUT2D eigenvalue weighted by molar-refractivity contribution is -0.115. The molecule has 1 N–H and O–H groups in total. The van der Waals surface area contributed by atoms with Crippen molar-refractivity contribution in [1.82, 2.24) is 9.36 Å². The molecule has 0 bridgehead atoms. The standard InChI is InChI=1S/C22H25N3O2S/c1-16-21(22(27)25(24(16)3)19-12-8-5-9-13-19)23-20(26)14-15-28-17(2)18-10-6-4-7-11-18/h4-13,17H,14-15H2,1-3H3,(H,23,26). The van der Waals surface area contributed by atoms with Crippen molar-refractivity contribution in [3.63, 3.8) is 0 Å². The molecule has 2 aromatic carbocycles. The van der Waals surface area contributed by atoms with E-state index in [4.69, 9.17) is 0 Å². The molecule has 1 aromatic heterocycles. The van der Waals surface area contributed by atoms with Gasteiger partial charge in [0.15, 0.2) is 0 Å². The SMILES string of the molecule is Cc1c(NC(=O)CCSC(C)c2ccccc2)c(=O)n(-c2ccccc2)n1C. The van der Waals surface area contributed by atoms with Gasteiger partial charge in [-0.25, -0.2) is 4.68 Å². The van der Waals surface area contributed by atoms with Crippen LogP contribution in [0, 0.1) is 6.92 Å². The molecule has 3 aromatic rings. The topological polar surface area (TPSA) is 56.0 Å². The number of amides is 1. The summed E-state index contributed by atoms with van der Waals surface area (Å²) >= 11 is 1.73. The zero-order chi connectivity index (χ0) is 20.1. The second-order valence-corrected chi connectivity index (χ2v) is 8.11. The van der Waals surface area contributed by atoms with E-state index in [1.54, 1.807) is 21.1 Å². The average Bonchev–Trinajstić information content (AvgIpc) is 2.92. The molecule has 0 aliphatic rings. The molecule has 0 aliphatic carbocycles. The first-order valence-corrected chi connectivity index (χ1v) is 10.3. The van der Waals surface area contributed by atoms with Gasteiger partial charge < -0.3 is 5.32 Å². The van der Waals surface area contributed by atoms with Crippen molar-refractivity contribution in [2.45, 2.75) is 25.5 Å². The van der Waals surface area contributed by atoms with Crippen LogP contribution in [-0.2, 0) is 11.8 Å². The van der Waals surface area contributed by atoms with Gasteiger partial charge in [0.2, 0.25) is 5.91 Å².